The lowest BCUT2D eigenvalue weighted by Gasteiger charge is -2.44. The van der Waals surface area contributed by atoms with Crippen LogP contribution < -0.4 is 29.8 Å². The molecule has 0 heterocycles. The third kappa shape index (κ3) is 11.4. The first-order chi connectivity index (χ1) is 10.9. The summed E-state index contributed by atoms with van der Waals surface area (Å²) >= 11 is 0. The third-order valence-electron chi connectivity index (χ3n) is 3.34. The Kier molecular flexibility index (Phi) is 13.3. The summed E-state index contributed by atoms with van der Waals surface area (Å²) in [6, 6.07) is 0. The highest BCUT2D eigenvalue weighted by Gasteiger charge is 2.23. The summed E-state index contributed by atoms with van der Waals surface area (Å²) in [5.74, 6) is 0. The van der Waals surface area contributed by atoms with Crippen LogP contribution in [0.2, 0.25) is 0 Å². The van der Waals surface area contributed by atoms with Crippen molar-refractivity contribution in [2.24, 2.45) is 0 Å². The van der Waals surface area contributed by atoms with Gasteiger partial charge in [0.05, 0.1) is 6.10 Å². The maximum absolute atomic E-state index is 11.2. The van der Waals surface area contributed by atoms with E-state index in [1.54, 1.807) is 0 Å². The maximum Gasteiger partial charge on any atom is 0.106 e. The Morgan fingerprint density at radius 3 is 1.67 bits per heavy atom. The Balaban J connectivity index is 0. The molecule has 0 aliphatic heterocycles. The average molecular weight is 388 g/mol. The van der Waals surface area contributed by atoms with E-state index in [1.807, 2.05) is 6.79 Å². The zero-order valence-electron chi connectivity index (χ0n) is 13.5. The number of rotatable bonds is 11. The molecule has 0 aromatic rings. The molecule has 0 aliphatic carbocycles. The molecule has 4 unspecified atom stereocenters. The van der Waals surface area contributed by atoms with Crippen molar-refractivity contribution in [3.8, 4) is 0 Å². The lowest BCUT2D eigenvalue weighted by Crippen LogP contribution is -2.38. The first-order valence-corrected chi connectivity index (χ1v) is 10.3. The van der Waals surface area contributed by atoms with E-state index in [-0.39, 0.29) is 12.8 Å². The number of hydrogen-bond acceptors (Lipinski definition) is 10. The van der Waals surface area contributed by atoms with E-state index in [4.69, 9.17) is 9.53 Å². The van der Waals surface area contributed by atoms with Crippen LogP contribution in [0.15, 0.2) is 0 Å². The van der Waals surface area contributed by atoms with Crippen LogP contribution in [-0.2, 0) is 18.7 Å². The fraction of sp³-hybridized carbons (Fsp3) is 0.917. The van der Waals surface area contributed by atoms with E-state index < -0.39 is 58.4 Å². The van der Waals surface area contributed by atoms with E-state index in [2.05, 4.69) is 0 Å². The van der Waals surface area contributed by atoms with Gasteiger partial charge in [0, 0.05) is 0 Å². The van der Waals surface area contributed by atoms with E-state index >= 15 is 0 Å². The van der Waals surface area contributed by atoms with Crippen LogP contribution in [0.4, 0.5) is 0 Å². The average Bonchev–Trinajstić information content (AvgIpc) is 2.43. The van der Waals surface area contributed by atoms with Gasteiger partial charge in [0.15, 0.2) is 0 Å². The number of ether oxygens (including phenoxy) is 1. The van der Waals surface area contributed by atoms with Crippen LogP contribution in [0.25, 0.3) is 0 Å². The molecule has 0 bridgehead atoms. The van der Waals surface area contributed by atoms with Gasteiger partial charge in [-0.25, -0.2) is 0 Å². The molecule has 0 radical (unpaired) electrons. The second kappa shape index (κ2) is 12.2. The van der Waals surface area contributed by atoms with E-state index in [0.717, 1.165) is 0 Å². The fourth-order valence-corrected chi connectivity index (χ4v) is 4.18. The molecule has 24 heavy (non-hydrogen) atoms. The molecule has 0 aromatic heterocycles. The molecule has 0 spiro atoms. The largest absolute Gasteiger partial charge is 0.852 e. The van der Waals surface area contributed by atoms with Crippen LogP contribution in [0.1, 0.15) is 39.5 Å². The van der Waals surface area contributed by atoms with Crippen molar-refractivity contribution in [3.63, 3.8) is 0 Å². The molecule has 4 atom stereocenters. The standard InChI is InChI=1S/C11H24O9P2.CH2O/c1-3-10(21(14,15)16)5-9(20-7-12)6-11(4-8(2)13)22(17,18)19;1-2/h8-11H,3-7H2,1-2H3,(H2,14,15,16)(H2,17,18,19);1H2/q-2;/p-4. The fourth-order valence-electron chi connectivity index (χ4n) is 2.19. The summed E-state index contributed by atoms with van der Waals surface area (Å²) in [5.41, 5.74) is -2.89. The highest BCUT2D eigenvalue weighted by molar-refractivity contribution is 7.49. The minimum Gasteiger partial charge on any atom is -0.852 e. The summed E-state index contributed by atoms with van der Waals surface area (Å²) in [4.78, 5) is 52.5. The highest BCUT2D eigenvalue weighted by atomic mass is 31.2. The van der Waals surface area contributed by atoms with Crippen molar-refractivity contribution in [2.45, 2.75) is 63.1 Å². The predicted molar refractivity (Wildman–Crippen MR) is 73.3 cm³/mol. The van der Waals surface area contributed by atoms with Crippen molar-refractivity contribution >= 4 is 22.0 Å². The van der Waals surface area contributed by atoms with Crippen LogP contribution in [-0.4, -0.2) is 37.1 Å². The molecule has 0 N–H and O–H groups in total. The Hall–Kier alpha value is -0.150. The van der Waals surface area contributed by atoms with Crippen LogP contribution in [0, 0.1) is 0 Å². The normalized spacial score (nSPS) is 17.3. The van der Waals surface area contributed by atoms with Gasteiger partial charge in [0.25, 0.3) is 0 Å². The zero-order valence-corrected chi connectivity index (χ0v) is 15.3. The van der Waals surface area contributed by atoms with Crippen molar-refractivity contribution in [3.05, 3.63) is 0 Å². The molecule has 0 aliphatic rings. The quantitative estimate of drug-likeness (QED) is 0.251. The molecule has 0 amide bonds. The lowest BCUT2D eigenvalue weighted by molar-refractivity contribution is -0.438. The highest BCUT2D eigenvalue weighted by Crippen LogP contribution is 2.41. The van der Waals surface area contributed by atoms with Gasteiger partial charge in [-0.3, -0.25) is 0 Å². The van der Waals surface area contributed by atoms with Gasteiger partial charge in [-0.05, 0) is 37.4 Å². The van der Waals surface area contributed by atoms with Gasteiger partial charge in [-0.1, -0.05) is 35.5 Å². The Morgan fingerprint density at radius 2 is 1.38 bits per heavy atom. The zero-order chi connectivity index (χ0) is 19.6. The molecule has 0 saturated carbocycles. The molecule has 0 saturated heterocycles. The molecule has 0 rings (SSSR count). The number of hydrogen-bond donors (Lipinski definition) is 0. The topological polar surface area (TPSA) is 199 Å². The second-order valence-corrected chi connectivity index (χ2v) is 8.84. The number of carbonyl (C=O) groups excluding carboxylic acids is 1. The van der Waals surface area contributed by atoms with Crippen molar-refractivity contribution < 1.29 is 48.4 Å². The molecule has 12 heteroatoms. The first-order valence-electron chi connectivity index (χ1n) is 7.09. The van der Waals surface area contributed by atoms with Gasteiger partial charge < -0.3 is 48.4 Å². The summed E-state index contributed by atoms with van der Waals surface area (Å²) in [6.45, 7) is 3.56. The Morgan fingerprint density at radius 1 is 0.958 bits per heavy atom. The van der Waals surface area contributed by atoms with Crippen molar-refractivity contribution in [1.29, 1.82) is 0 Å². The molecule has 10 nitrogen and oxygen atoms in total. The summed E-state index contributed by atoms with van der Waals surface area (Å²) in [6.07, 6.45) is -3.85. The SMILES string of the molecule is C=O.CCC(CC(CC(CC(C)[O-])P(=O)([O-])[O-])OC[O-])P(=O)([O-])[O-]. The van der Waals surface area contributed by atoms with E-state index in [0.29, 0.717) is 0 Å². The minimum absolute atomic E-state index is 0.0297. The van der Waals surface area contributed by atoms with Gasteiger partial charge in [-0.15, -0.1) is 6.10 Å². The monoisotopic (exact) mass is 388 g/mol. The van der Waals surface area contributed by atoms with Crippen LogP contribution in [0.3, 0.4) is 0 Å². The van der Waals surface area contributed by atoms with Crippen molar-refractivity contribution in [2.75, 3.05) is 6.79 Å². The van der Waals surface area contributed by atoms with Gasteiger partial charge >= 0.3 is 0 Å². The minimum atomic E-state index is -5.11. The van der Waals surface area contributed by atoms with Crippen molar-refractivity contribution in [1.82, 2.24) is 0 Å². The van der Waals surface area contributed by atoms with Gasteiger partial charge in [-0.2, -0.15) is 0 Å². The predicted octanol–water partition coefficient (Wildman–Crippen LogP) is -3.60. The second-order valence-electron chi connectivity index (χ2n) is 5.22. The van der Waals surface area contributed by atoms with Gasteiger partial charge in [0.1, 0.15) is 6.79 Å². The summed E-state index contributed by atoms with van der Waals surface area (Å²) in [5, 5.41) is 21.7. The molecular formula is C12H22O10P2-6. The Labute approximate surface area is 141 Å². The smallest absolute Gasteiger partial charge is 0.106 e. The van der Waals surface area contributed by atoms with E-state index in [9.17, 15) is 38.9 Å². The molecular weight excluding hydrogens is 366 g/mol. The van der Waals surface area contributed by atoms with Crippen LogP contribution in [0.5, 0.6) is 0 Å². The van der Waals surface area contributed by atoms with Gasteiger partial charge in [0.2, 0.25) is 0 Å². The number of carbonyl (C=O) groups is 1. The molecule has 0 aromatic carbocycles. The first kappa shape index (κ1) is 26.1. The summed E-state index contributed by atoms with van der Waals surface area (Å²) in [7, 11) is -10.0. The molecule has 146 valence electrons. The van der Waals surface area contributed by atoms with Crippen LogP contribution >= 0.6 is 15.2 Å². The maximum atomic E-state index is 11.2. The third-order valence-corrected chi connectivity index (χ3v) is 6.13. The lowest BCUT2D eigenvalue weighted by atomic mass is 10.0. The summed E-state index contributed by atoms with van der Waals surface area (Å²) < 4.78 is 27.0. The van der Waals surface area contributed by atoms with E-state index in [1.165, 1.54) is 13.8 Å². The molecule has 0 fully saturated rings. The Bertz CT molecular complexity index is 418.